The highest BCUT2D eigenvalue weighted by molar-refractivity contribution is 7.16. The van der Waals surface area contributed by atoms with Gasteiger partial charge >= 0.3 is 4.87 Å². The Morgan fingerprint density at radius 2 is 1.95 bits per heavy atom. The van der Waals surface area contributed by atoms with Gasteiger partial charge in [0.15, 0.2) is 0 Å². The summed E-state index contributed by atoms with van der Waals surface area (Å²) in [5.41, 5.74) is 0.119. The fourth-order valence-electron chi connectivity index (χ4n) is 2.15. The second kappa shape index (κ2) is 5.21. The lowest BCUT2D eigenvalue weighted by molar-refractivity contribution is 0.325. The first-order chi connectivity index (χ1) is 10.4. The molecule has 0 fully saturated rings. The molecule has 0 N–H and O–H groups in total. The van der Waals surface area contributed by atoms with Gasteiger partial charge in [-0.05, 0) is 12.1 Å². The maximum Gasteiger partial charge on any atom is 0.310 e. The molecule has 0 aliphatic heterocycles. The summed E-state index contributed by atoms with van der Waals surface area (Å²) in [7, 11) is 0. The van der Waals surface area contributed by atoms with Crippen LogP contribution in [0.15, 0.2) is 44.4 Å². The molecule has 114 valence electrons. The van der Waals surface area contributed by atoms with Crippen molar-refractivity contribution in [3.8, 4) is 0 Å². The third kappa shape index (κ3) is 2.62. The van der Waals surface area contributed by atoms with Gasteiger partial charge in [0.1, 0.15) is 11.5 Å². The van der Waals surface area contributed by atoms with Crippen LogP contribution in [-0.2, 0) is 12.0 Å². The Hall–Kier alpha value is -2.21. The van der Waals surface area contributed by atoms with Gasteiger partial charge in [0.2, 0.25) is 0 Å². The van der Waals surface area contributed by atoms with E-state index in [0.717, 1.165) is 17.1 Å². The maximum atomic E-state index is 12.5. The van der Waals surface area contributed by atoms with Gasteiger partial charge in [0.25, 0.3) is 5.56 Å². The van der Waals surface area contributed by atoms with Crippen LogP contribution < -0.4 is 10.4 Å². The van der Waals surface area contributed by atoms with Crippen molar-refractivity contribution in [2.45, 2.75) is 32.7 Å². The van der Waals surface area contributed by atoms with Gasteiger partial charge in [0.05, 0.1) is 11.9 Å². The summed E-state index contributed by atoms with van der Waals surface area (Å²) in [5, 5.41) is 4.52. The van der Waals surface area contributed by atoms with E-state index in [2.05, 4.69) is 5.16 Å². The predicted molar refractivity (Wildman–Crippen MR) is 86.7 cm³/mol. The Balaban J connectivity index is 2.06. The topological polar surface area (TPSA) is 65.1 Å². The Morgan fingerprint density at radius 3 is 2.64 bits per heavy atom. The first kappa shape index (κ1) is 14.7. The number of fused-ring (bicyclic) bond motifs is 1. The van der Waals surface area contributed by atoms with Crippen molar-refractivity contribution < 1.29 is 4.52 Å². The van der Waals surface area contributed by atoms with Crippen LogP contribution in [-0.4, -0.2) is 9.72 Å². The lowest BCUT2D eigenvalue weighted by Crippen LogP contribution is -2.31. The molecule has 5 nitrogen and oxygen atoms in total. The smallest absolute Gasteiger partial charge is 0.310 e. The summed E-state index contributed by atoms with van der Waals surface area (Å²) in [6, 6.07) is 8.91. The summed E-state index contributed by atoms with van der Waals surface area (Å²) < 4.78 is 7.21. The average molecular weight is 316 g/mol. The van der Waals surface area contributed by atoms with E-state index in [0.29, 0.717) is 15.8 Å². The van der Waals surface area contributed by atoms with Crippen LogP contribution in [0, 0.1) is 0 Å². The third-order valence-electron chi connectivity index (χ3n) is 3.40. The van der Waals surface area contributed by atoms with E-state index in [9.17, 15) is 9.59 Å². The van der Waals surface area contributed by atoms with Gasteiger partial charge in [0, 0.05) is 16.2 Å². The van der Waals surface area contributed by atoms with Crippen molar-refractivity contribution in [1.82, 2.24) is 9.72 Å². The van der Waals surface area contributed by atoms with Gasteiger partial charge in [-0.2, -0.15) is 0 Å². The van der Waals surface area contributed by atoms with E-state index in [-0.39, 0.29) is 22.4 Å². The number of benzene rings is 1. The molecule has 0 saturated carbocycles. The molecule has 1 aromatic carbocycles. The fraction of sp³-hybridized carbons (Fsp3) is 0.312. The molecular weight excluding hydrogens is 300 g/mol. The molecule has 0 spiro atoms. The van der Waals surface area contributed by atoms with E-state index in [4.69, 9.17) is 4.52 Å². The number of rotatable bonds is 2. The molecule has 0 atom stereocenters. The predicted octanol–water partition coefficient (Wildman–Crippen LogP) is 2.76. The Kier molecular flexibility index (Phi) is 3.48. The first-order valence-electron chi connectivity index (χ1n) is 6.95. The lowest BCUT2D eigenvalue weighted by Gasteiger charge is -2.12. The first-order valence-corrected chi connectivity index (χ1v) is 7.76. The van der Waals surface area contributed by atoms with Crippen LogP contribution in [0.5, 0.6) is 0 Å². The molecule has 0 unspecified atom stereocenters. The van der Waals surface area contributed by atoms with Crippen LogP contribution in [0.2, 0.25) is 0 Å². The molecule has 0 amide bonds. The zero-order valence-electron chi connectivity index (χ0n) is 12.6. The largest absolute Gasteiger partial charge is 0.361 e. The second-order valence-electron chi connectivity index (χ2n) is 6.19. The summed E-state index contributed by atoms with van der Waals surface area (Å²) in [6.07, 6.45) is 0. The molecule has 3 rings (SSSR count). The number of hydrogen-bond donors (Lipinski definition) is 0. The molecule has 0 radical (unpaired) electrons. The van der Waals surface area contributed by atoms with Crippen LogP contribution in [0.4, 0.5) is 0 Å². The number of aromatic nitrogens is 2. The molecule has 22 heavy (non-hydrogen) atoms. The molecule has 0 bridgehead atoms. The van der Waals surface area contributed by atoms with Crippen molar-refractivity contribution in [3.63, 3.8) is 0 Å². The van der Waals surface area contributed by atoms with Gasteiger partial charge in [-0.3, -0.25) is 14.2 Å². The second-order valence-corrected chi connectivity index (χ2v) is 7.18. The van der Waals surface area contributed by atoms with Gasteiger partial charge in [-0.25, -0.2) is 0 Å². The highest BCUT2D eigenvalue weighted by Gasteiger charge is 2.20. The summed E-state index contributed by atoms with van der Waals surface area (Å²) in [5.74, 6) is 0.729. The Morgan fingerprint density at radius 1 is 1.23 bits per heavy atom. The van der Waals surface area contributed by atoms with Gasteiger partial charge in [-0.15, -0.1) is 0 Å². The van der Waals surface area contributed by atoms with Crippen LogP contribution in [0.1, 0.15) is 32.2 Å². The molecule has 6 heteroatoms. The van der Waals surface area contributed by atoms with E-state index < -0.39 is 0 Å². The highest BCUT2D eigenvalue weighted by atomic mass is 32.1. The van der Waals surface area contributed by atoms with Crippen molar-refractivity contribution in [2.24, 2.45) is 0 Å². The van der Waals surface area contributed by atoms with Gasteiger partial charge in [-0.1, -0.05) is 49.4 Å². The SMILES string of the molecule is CC(C)(C)c1cc(Cn2c(=O)sc3ccccc3c2=O)no1. The third-order valence-corrected chi connectivity index (χ3v) is 4.37. The maximum absolute atomic E-state index is 12.5. The molecule has 0 saturated heterocycles. The number of nitrogens with zero attached hydrogens (tertiary/aromatic N) is 2. The van der Waals surface area contributed by atoms with Crippen LogP contribution >= 0.6 is 11.3 Å². The van der Waals surface area contributed by atoms with Crippen molar-refractivity contribution in [2.75, 3.05) is 0 Å². The summed E-state index contributed by atoms with van der Waals surface area (Å²) in [6.45, 7) is 6.17. The zero-order valence-corrected chi connectivity index (χ0v) is 13.4. The molecule has 0 aliphatic carbocycles. The monoisotopic (exact) mass is 316 g/mol. The lowest BCUT2D eigenvalue weighted by atomic mass is 9.93. The molecule has 2 aromatic heterocycles. The minimum absolute atomic E-state index is 0.124. The van der Waals surface area contributed by atoms with E-state index in [1.165, 1.54) is 4.57 Å². The van der Waals surface area contributed by atoms with Crippen LogP contribution in [0.25, 0.3) is 10.1 Å². The van der Waals surface area contributed by atoms with Crippen molar-refractivity contribution in [1.29, 1.82) is 0 Å². The van der Waals surface area contributed by atoms with Crippen molar-refractivity contribution >= 4 is 21.4 Å². The Labute approximate surface area is 130 Å². The molecule has 2 heterocycles. The quantitative estimate of drug-likeness (QED) is 0.729. The van der Waals surface area contributed by atoms with E-state index >= 15 is 0 Å². The normalized spacial score (nSPS) is 12.0. The fourth-order valence-corrected chi connectivity index (χ4v) is 3.01. The highest BCUT2D eigenvalue weighted by Crippen LogP contribution is 2.22. The average Bonchev–Trinajstić information content (AvgIpc) is 2.92. The summed E-state index contributed by atoms with van der Waals surface area (Å²) in [4.78, 5) is 24.4. The van der Waals surface area contributed by atoms with Crippen molar-refractivity contribution in [3.05, 3.63) is 61.8 Å². The standard InChI is InChI=1S/C16H16N2O3S/c1-16(2,3)13-8-10(17-21-13)9-18-14(19)11-6-4-5-7-12(11)22-15(18)20/h4-8H,9H2,1-3H3. The minimum atomic E-state index is -0.292. The molecular formula is C16H16N2O3S. The zero-order chi connectivity index (χ0) is 15.9. The molecule has 3 aromatic rings. The summed E-state index contributed by atoms with van der Waals surface area (Å²) >= 11 is 1.06. The Bertz CT molecular complexity index is 944. The molecule has 0 aliphatic rings. The number of hydrogen-bond acceptors (Lipinski definition) is 5. The van der Waals surface area contributed by atoms with Gasteiger partial charge < -0.3 is 4.52 Å². The van der Waals surface area contributed by atoms with E-state index in [1.54, 1.807) is 24.3 Å². The van der Waals surface area contributed by atoms with Crippen LogP contribution in [0.3, 0.4) is 0 Å². The minimum Gasteiger partial charge on any atom is -0.361 e. The van der Waals surface area contributed by atoms with E-state index in [1.807, 2.05) is 26.8 Å².